The third-order valence-corrected chi connectivity index (χ3v) is 6.37. The first-order valence-electron chi connectivity index (χ1n) is 9.39. The predicted molar refractivity (Wildman–Crippen MR) is 120 cm³/mol. The van der Waals surface area contributed by atoms with Crippen LogP contribution < -0.4 is 10.6 Å². The van der Waals surface area contributed by atoms with E-state index in [1.165, 1.54) is 23.0 Å². The second-order valence-electron chi connectivity index (χ2n) is 6.71. The quantitative estimate of drug-likeness (QED) is 0.399. The highest BCUT2D eigenvalue weighted by atomic mass is 32.1. The molecule has 4 rings (SSSR count). The molecular weight excluding hydrogens is 404 g/mol. The van der Waals surface area contributed by atoms with Crippen LogP contribution in [-0.4, -0.2) is 21.8 Å². The lowest BCUT2D eigenvalue weighted by atomic mass is 10.2. The Morgan fingerprint density at radius 2 is 1.76 bits per heavy atom. The molecule has 0 atom stereocenters. The molecule has 6 nitrogen and oxygen atoms in total. The normalized spacial score (nSPS) is 11.1. The zero-order valence-corrected chi connectivity index (χ0v) is 17.5. The monoisotopic (exact) mass is 424 g/mol. The Balaban J connectivity index is 1.27. The van der Waals surface area contributed by atoms with Gasteiger partial charge in [0.1, 0.15) is 0 Å². The van der Waals surface area contributed by atoms with Crippen LogP contribution in [-0.2, 0) is 16.0 Å². The van der Waals surface area contributed by atoms with Crippen LogP contribution in [0.25, 0.3) is 20.4 Å². The lowest BCUT2D eigenvalue weighted by Crippen LogP contribution is -2.10. The van der Waals surface area contributed by atoms with Crippen molar-refractivity contribution in [2.45, 2.75) is 32.6 Å². The van der Waals surface area contributed by atoms with Crippen molar-refractivity contribution in [1.29, 1.82) is 0 Å². The van der Waals surface area contributed by atoms with Crippen LogP contribution in [0.3, 0.4) is 0 Å². The highest BCUT2D eigenvalue weighted by Crippen LogP contribution is 2.28. The van der Waals surface area contributed by atoms with Gasteiger partial charge < -0.3 is 10.6 Å². The van der Waals surface area contributed by atoms with Crippen LogP contribution in [0, 0.1) is 0 Å². The van der Waals surface area contributed by atoms with E-state index in [4.69, 9.17) is 0 Å². The molecule has 2 aromatic heterocycles. The largest absolute Gasteiger partial charge is 0.326 e. The van der Waals surface area contributed by atoms with Crippen LogP contribution >= 0.6 is 22.7 Å². The van der Waals surface area contributed by atoms with E-state index in [1.54, 1.807) is 17.4 Å². The number of carbonyl (C=O) groups excluding carboxylic acids is 2. The average Bonchev–Trinajstić information content (AvgIpc) is 3.27. The first-order valence-corrected chi connectivity index (χ1v) is 11.0. The van der Waals surface area contributed by atoms with Gasteiger partial charge in [-0.05, 0) is 49.6 Å². The van der Waals surface area contributed by atoms with Gasteiger partial charge in [-0.2, -0.15) is 0 Å². The molecule has 2 heterocycles. The maximum atomic E-state index is 12.2. The number of para-hydroxylation sites is 1. The molecule has 4 aromatic rings. The maximum absolute atomic E-state index is 12.2. The second kappa shape index (κ2) is 8.67. The number of benzene rings is 2. The molecule has 0 aliphatic rings. The van der Waals surface area contributed by atoms with Crippen LogP contribution in [0.4, 0.5) is 10.8 Å². The highest BCUT2D eigenvalue weighted by molar-refractivity contribution is 7.22. The summed E-state index contributed by atoms with van der Waals surface area (Å²) in [5.41, 5.74) is 2.57. The SMILES string of the molecule is CC(=O)Nc1ccc2nc(NC(=O)CCCCc3nc4ccccc4s3)sc2c1. The molecule has 0 aliphatic carbocycles. The zero-order valence-electron chi connectivity index (χ0n) is 15.9. The molecule has 29 heavy (non-hydrogen) atoms. The van der Waals surface area contributed by atoms with Crippen molar-refractivity contribution < 1.29 is 9.59 Å². The number of aryl methyl sites for hydroxylation is 1. The number of amides is 2. The summed E-state index contributed by atoms with van der Waals surface area (Å²) in [4.78, 5) is 32.5. The van der Waals surface area contributed by atoms with Gasteiger partial charge in [-0.1, -0.05) is 23.5 Å². The fourth-order valence-electron chi connectivity index (χ4n) is 3.03. The molecule has 2 amide bonds. The lowest BCUT2D eigenvalue weighted by molar-refractivity contribution is -0.116. The zero-order chi connectivity index (χ0) is 20.2. The minimum absolute atomic E-state index is 0.0320. The molecule has 2 aromatic carbocycles. The van der Waals surface area contributed by atoms with Crippen LogP contribution in [0.5, 0.6) is 0 Å². The Morgan fingerprint density at radius 3 is 2.59 bits per heavy atom. The summed E-state index contributed by atoms with van der Waals surface area (Å²) in [6, 6.07) is 13.6. The molecule has 0 radical (unpaired) electrons. The van der Waals surface area contributed by atoms with Gasteiger partial charge in [0, 0.05) is 19.0 Å². The van der Waals surface area contributed by atoms with Crippen molar-refractivity contribution in [3.05, 3.63) is 47.5 Å². The summed E-state index contributed by atoms with van der Waals surface area (Å²) >= 11 is 3.12. The van der Waals surface area contributed by atoms with Crippen LogP contribution in [0.1, 0.15) is 31.2 Å². The topological polar surface area (TPSA) is 84.0 Å². The fourth-order valence-corrected chi connectivity index (χ4v) is 4.96. The molecule has 0 unspecified atom stereocenters. The Hall–Kier alpha value is -2.84. The Kier molecular flexibility index (Phi) is 5.82. The summed E-state index contributed by atoms with van der Waals surface area (Å²) in [7, 11) is 0. The molecule has 0 fully saturated rings. The molecule has 8 heteroatoms. The third-order valence-electron chi connectivity index (χ3n) is 4.34. The number of carbonyl (C=O) groups is 2. The molecule has 148 valence electrons. The van der Waals surface area contributed by atoms with Gasteiger partial charge in [0.15, 0.2) is 5.13 Å². The number of aromatic nitrogens is 2. The molecule has 0 saturated carbocycles. The Labute approximate surface area is 176 Å². The van der Waals surface area contributed by atoms with E-state index in [2.05, 4.69) is 26.7 Å². The molecule has 0 saturated heterocycles. The van der Waals surface area contributed by atoms with Gasteiger partial charge in [-0.3, -0.25) is 9.59 Å². The minimum atomic E-state index is -0.117. The van der Waals surface area contributed by atoms with Crippen molar-refractivity contribution in [3.8, 4) is 0 Å². The number of hydrogen-bond acceptors (Lipinski definition) is 6. The van der Waals surface area contributed by atoms with Gasteiger partial charge in [0.05, 0.1) is 25.4 Å². The molecule has 0 aliphatic heterocycles. The number of rotatable bonds is 7. The third kappa shape index (κ3) is 4.96. The smallest absolute Gasteiger partial charge is 0.226 e. The van der Waals surface area contributed by atoms with Gasteiger partial charge >= 0.3 is 0 Å². The predicted octanol–water partition coefficient (Wildman–Crippen LogP) is 5.22. The number of fused-ring (bicyclic) bond motifs is 2. The summed E-state index contributed by atoms with van der Waals surface area (Å²) < 4.78 is 2.13. The van der Waals surface area contributed by atoms with Gasteiger partial charge in [0.2, 0.25) is 11.8 Å². The number of anilines is 2. The first-order chi connectivity index (χ1) is 14.1. The molecule has 2 N–H and O–H groups in total. The molecule has 0 bridgehead atoms. The summed E-state index contributed by atoms with van der Waals surface area (Å²) in [5.74, 6) is -0.149. The second-order valence-corrected chi connectivity index (χ2v) is 8.86. The van der Waals surface area contributed by atoms with Crippen LogP contribution in [0.15, 0.2) is 42.5 Å². The van der Waals surface area contributed by atoms with Crippen molar-refractivity contribution in [3.63, 3.8) is 0 Å². The minimum Gasteiger partial charge on any atom is -0.326 e. The van der Waals surface area contributed by atoms with E-state index in [0.717, 1.165) is 45.7 Å². The van der Waals surface area contributed by atoms with Crippen molar-refractivity contribution in [1.82, 2.24) is 9.97 Å². The van der Waals surface area contributed by atoms with E-state index >= 15 is 0 Å². The summed E-state index contributed by atoms with van der Waals surface area (Å²) in [5, 5.41) is 7.33. The van der Waals surface area contributed by atoms with Gasteiger partial charge in [-0.25, -0.2) is 9.97 Å². The van der Waals surface area contributed by atoms with E-state index in [1.807, 2.05) is 30.3 Å². The number of nitrogens with one attached hydrogen (secondary N) is 2. The average molecular weight is 425 g/mol. The lowest BCUT2D eigenvalue weighted by Gasteiger charge is -2.01. The highest BCUT2D eigenvalue weighted by Gasteiger charge is 2.09. The fraction of sp³-hybridized carbons (Fsp3) is 0.238. The van der Waals surface area contributed by atoms with E-state index in [9.17, 15) is 9.59 Å². The van der Waals surface area contributed by atoms with Crippen molar-refractivity contribution in [2.24, 2.45) is 0 Å². The van der Waals surface area contributed by atoms with Gasteiger partial charge in [-0.15, -0.1) is 11.3 Å². The maximum Gasteiger partial charge on any atom is 0.226 e. The number of nitrogens with zero attached hydrogens (tertiary/aromatic N) is 2. The summed E-state index contributed by atoms with van der Waals surface area (Å²) in [6.45, 7) is 1.47. The summed E-state index contributed by atoms with van der Waals surface area (Å²) in [6.07, 6.45) is 3.07. The van der Waals surface area contributed by atoms with E-state index < -0.39 is 0 Å². The van der Waals surface area contributed by atoms with Crippen LogP contribution in [0.2, 0.25) is 0 Å². The number of thiazole rings is 2. The first kappa shape index (κ1) is 19.5. The Morgan fingerprint density at radius 1 is 0.931 bits per heavy atom. The number of hydrogen-bond donors (Lipinski definition) is 2. The molecular formula is C21H20N4O2S2. The Bertz CT molecular complexity index is 1150. The standard InChI is InChI=1S/C21H20N4O2S2/c1-13(26)22-14-10-11-16-18(12-14)29-21(24-16)25-19(27)8-4-5-9-20-23-15-6-2-3-7-17(15)28-20/h2-3,6-7,10-12H,4-5,8-9H2,1H3,(H,22,26)(H,24,25,27). The van der Waals surface area contributed by atoms with E-state index in [0.29, 0.717) is 11.6 Å². The number of unbranched alkanes of at least 4 members (excludes halogenated alkanes) is 1. The van der Waals surface area contributed by atoms with Crippen molar-refractivity contribution in [2.75, 3.05) is 10.6 Å². The van der Waals surface area contributed by atoms with Gasteiger partial charge in [0.25, 0.3) is 0 Å². The van der Waals surface area contributed by atoms with Crippen molar-refractivity contribution >= 4 is 65.7 Å². The van der Waals surface area contributed by atoms with E-state index in [-0.39, 0.29) is 11.8 Å². The molecule has 0 spiro atoms.